The van der Waals surface area contributed by atoms with Crippen molar-refractivity contribution in [3.63, 3.8) is 0 Å². The minimum absolute atomic E-state index is 0.496. The molecule has 6 heteroatoms. The fraction of sp³-hybridized carbons (Fsp3) is 0.238. The molecule has 1 aromatic heterocycles. The molecule has 1 aliphatic rings. The number of halogens is 1. The molecule has 1 aliphatic heterocycles. The molecule has 5 nitrogen and oxygen atoms in total. The Balaban J connectivity index is 1.74. The predicted octanol–water partition coefficient (Wildman–Crippen LogP) is 4.62. The van der Waals surface area contributed by atoms with Gasteiger partial charge in [-0.25, -0.2) is 4.79 Å². The average Bonchev–Trinajstić information content (AvgIpc) is 2.69. The van der Waals surface area contributed by atoms with Crippen LogP contribution in [0, 0.1) is 0 Å². The number of fused-ring (bicyclic) bond motifs is 2. The second kappa shape index (κ2) is 7.55. The van der Waals surface area contributed by atoms with Crippen LogP contribution >= 0.6 is 11.6 Å². The predicted molar refractivity (Wildman–Crippen MR) is 107 cm³/mol. The molecule has 1 N–H and O–H groups in total. The molecule has 4 rings (SSSR count). The number of hydrogen-bond donors (Lipinski definition) is 1. The molecule has 0 aliphatic carbocycles. The van der Waals surface area contributed by atoms with Crippen LogP contribution in [0.1, 0.15) is 16.8 Å². The number of anilines is 1. The third-order valence-corrected chi connectivity index (χ3v) is 5.08. The van der Waals surface area contributed by atoms with Gasteiger partial charge >= 0.3 is 6.09 Å². The summed E-state index contributed by atoms with van der Waals surface area (Å²) < 4.78 is 4.83. The molecule has 0 fully saturated rings. The number of aromatic nitrogens is 1. The second-order valence-corrected chi connectivity index (χ2v) is 7.07. The van der Waals surface area contributed by atoms with Crippen molar-refractivity contribution < 1.29 is 9.53 Å². The molecule has 0 spiro atoms. The molecule has 0 saturated heterocycles. The first-order valence-electron chi connectivity index (χ1n) is 8.86. The molecule has 138 valence electrons. The lowest BCUT2D eigenvalue weighted by Crippen LogP contribution is -2.31. The summed E-state index contributed by atoms with van der Waals surface area (Å²) in [6.07, 6.45) is 0.334. The van der Waals surface area contributed by atoms with Gasteiger partial charge in [0, 0.05) is 47.7 Å². The first-order valence-corrected chi connectivity index (χ1v) is 9.24. The molecule has 0 bridgehead atoms. The molecule has 1 amide bonds. The molecule has 27 heavy (non-hydrogen) atoms. The van der Waals surface area contributed by atoms with Crippen LogP contribution in [-0.2, 0) is 24.2 Å². The highest BCUT2D eigenvalue weighted by molar-refractivity contribution is 6.31. The third kappa shape index (κ3) is 3.75. The Hall–Kier alpha value is -2.63. The zero-order valence-electron chi connectivity index (χ0n) is 15.0. The fourth-order valence-corrected chi connectivity index (χ4v) is 3.71. The van der Waals surface area contributed by atoms with Gasteiger partial charge in [-0.1, -0.05) is 41.9 Å². The smallest absolute Gasteiger partial charge is 0.411 e. The van der Waals surface area contributed by atoms with E-state index in [-0.39, 0.29) is 0 Å². The van der Waals surface area contributed by atoms with Crippen LogP contribution in [0.5, 0.6) is 0 Å². The Morgan fingerprint density at radius 3 is 2.85 bits per heavy atom. The Morgan fingerprint density at radius 2 is 2.07 bits per heavy atom. The SMILES string of the molecule is COC(=O)Nc1c2c(nc3ccc(Cl)cc13)CCN(Cc1ccccc1)C2. The van der Waals surface area contributed by atoms with Gasteiger partial charge in [-0.15, -0.1) is 0 Å². The summed E-state index contributed by atoms with van der Waals surface area (Å²) >= 11 is 6.20. The molecule has 2 aromatic carbocycles. The number of pyridine rings is 1. The lowest BCUT2D eigenvalue weighted by Gasteiger charge is -2.30. The minimum atomic E-state index is -0.496. The molecule has 3 aromatic rings. The summed E-state index contributed by atoms with van der Waals surface area (Å²) in [5.41, 5.74) is 4.86. The van der Waals surface area contributed by atoms with E-state index >= 15 is 0 Å². The van der Waals surface area contributed by atoms with Crippen molar-refractivity contribution >= 4 is 34.3 Å². The van der Waals surface area contributed by atoms with Gasteiger partial charge in [-0.2, -0.15) is 0 Å². The van der Waals surface area contributed by atoms with Crippen molar-refractivity contribution in [1.29, 1.82) is 0 Å². The maximum absolute atomic E-state index is 12.0. The van der Waals surface area contributed by atoms with Crippen molar-refractivity contribution in [2.45, 2.75) is 19.5 Å². The van der Waals surface area contributed by atoms with Crippen LogP contribution in [0.2, 0.25) is 5.02 Å². The van der Waals surface area contributed by atoms with Gasteiger partial charge < -0.3 is 4.74 Å². The first-order chi connectivity index (χ1) is 13.1. The van der Waals surface area contributed by atoms with Crippen molar-refractivity contribution in [3.8, 4) is 0 Å². The van der Waals surface area contributed by atoms with E-state index in [2.05, 4.69) is 34.5 Å². The number of carbonyl (C=O) groups excluding carboxylic acids is 1. The summed E-state index contributed by atoms with van der Waals surface area (Å²) in [7, 11) is 1.36. The second-order valence-electron chi connectivity index (χ2n) is 6.64. The average molecular weight is 382 g/mol. The highest BCUT2D eigenvalue weighted by Crippen LogP contribution is 2.34. The number of ether oxygens (including phenoxy) is 1. The minimum Gasteiger partial charge on any atom is -0.453 e. The van der Waals surface area contributed by atoms with E-state index in [9.17, 15) is 4.79 Å². The Labute approximate surface area is 162 Å². The normalized spacial score (nSPS) is 14.0. The molecule has 0 saturated carbocycles. The maximum Gasteiger partial charge on any atom is 0.411 e. The number of nitrogens with one attached hydrogen (secondary N) is 1. The van der Waals surface area contributed by atoms with E-state index in [0.29, 0.717) is 11.6 Å². The molecule has 0 unspecified atom stereocenters. The molecular formula is C21H20ClN3O2. The van der Waals surface area contributed by atoms with Crippen LogP contribution in [-0.4, -0.2) is 29.6 Å². The van der Waals surface area contributed by atoms with E-state index in [0.717, 1.165) is 47.4 Å². The number of methoxy groups -OCH3 is 1. The molecule has 0 radical (unpaired) electrons. The maximum atomic E-state index is 12.0. The standard InChI is InChI=1S/C21H20ClN3O2/c1-27-21(26)24-20-16-11-15(22)7-8-18(16)23-19-9-10-25(13-17(19)20)12-14-5-3-2-4-6-14/h2-8,11H,9-10,12-13H2,1H3,(H,23,24,26). The van der Waals surface area contributed by atoms with Crippen molar-refractivity contribution in [1.82, 2.24) is 9.88 Å². The van der Waals surface area contributed by atoms with Gasteiger partial charge in [-0.05, 0) is 23.8 Å². The van der Waals surface area contributed by atoms with E-state index < -0.39 is 6.09 Å². The van der Waals surface area contributed by atoms with Crippen LogP contribution in [0.15, 0.2) is 48.5 Å². The van der Waals surface area contributed by atoms with Crippen molar-refractivity contribution in [3.05, 3.63) is 70.4 Å². The highest BCUT2D eigenvalue weighted by Gasteiger charge is 2.24. The lowest BCUT2D eigenvalue weighted by molar-refractivity contribution is 0.186. The molecule has 0 atom stereocenters. The monoisotopic (exact) mass is 381 g/mol. The largest absolute Gasteiger partial charge is 0.453 e. The van der Waals surface area contributed by atoms with E-state index in [1.807, 2.05) is 24.3 Å². The summed E-state index contributed by atoms with van der Waals surface area (Å²) in [6, 6.07) is 15.9. The van der Waals surface area contributed by atoms with Crippen LogP contribution in [0.3, 0.4) is 0 Å². The summed E-state index contributed by atoms with van der Waals surface area (Å²) in [4.78, 5) is 19.1. The summed E-state index contributed by atoms with van der Waals surface area (Å²) in [6.45, 7) is 2.48. The van der Waals surface area contributed by atoms with Gasteiger partial charge in [0.1, 0.15) is 0 Å². The Bertz CT molecular complexity index is 992. The van der Waals surface area contributed by atoms with Crippen LogP contribution in [0.4, 0.5) is 10.5 Å². The van der Waals surface area contributed by atoms with Gasteiger partial charge in [0.2, 0.25) is 0 Å². The van der Waals surface area contributed by atoms with E-state index in [1.165, 1.54) is 12.7 Å². The molecule has 2 heterocycles. The van der Waals surface area contributed by atoms with Crippen molar-refractivity contribution in [2.24, 2.45) is 0 Å². The van der Waals surface area contributed by atoms with Gasteiger partial charge in [0.15, 0.2) is 0 Å². The number of amides is 1. The quantitative estimate of drug-likeness (QED) is 0.719. The van der Waals surface area contributed by atoms with E-state index in [1.54, 1.807) is 0 Å². The fourth-order valence-electron chi connectivity index (χ4n) is 3.54. The lowest BCUT2D eigenvalue weighted by atomic mass is 9.99. The zero-order chi connectivity index (χ0) is 18.8. The summed E-state index contributed by atoms with van der Waals surface area (Å²) in [5, 5.41) is 4.32. The number of benzene rings is 2. The van der Waals surface area contributed by atoms with E-state index in [4.69, 9.17) is 21.3 Å². The topological polar surface area (TPSA) is 54.5 Å². The number of rotatable bonds is 3. The van der Waals surface area contributed by atoms with Gasteiger partial charge in [-0.3, -0.25) is 15.2 Å². The number of nitrogens with zero attached hydrogens (tertiary/aromatic N) is 2. The molecular weight excluding hydrogens is 362 g/mol. The van der Waals surface area contributed by atoms with Crippen LogP contribution < -0.4 is 5.32 Å². The zero-order valence-corrected chi connectivity index (χ0v) is 15.8. The Kier molecular flexibility index (Phi) is 4.97. The Morgan fingerprint density at radius 1 is 1.26 bits per heavy atom. The van der Waals surface area contributed by atoms with Crippen molar-refractivity contribution in [2.75, 3.05) is 19.0 Å². The summed E-state index contributed by atoms with van der Waals surface area (Å²) in [5.74, 6) is 0. The van der Waals surface area contributed by atoms with Gasteiger partial charge in [0.05, 0.1) is 18.3 Å². The first kappa shape index (κ1) is 17.8. The third-order valence-electron chi connectivity index (χ3n) is 4.84. The van der Waals surface area contributed by atoms with Crippen LogP contribution in [0.25, 0.3) is 10.9 Å². The highest BCUT2D eigenvalue weighted by atomic mass is 35.5. The van der Waals surface area contributed by atoms with Gasteiger partial charge in [0.25, 0.3) is 0 Å². The number of hydrogen-bond acceptors (Lipinski definition) is 4. The number of carbonyl (C=O) groups is 1.